The summed E-state index contributed by atoms with van der Waals surface area (Å²) in [6.45, 7) is 7.04. The van der Waals surface area contributed by atoms with E-state index in [1.54, 1.807) is 0 Å². The van der Waals surface area contributed by atoms with Crippen LogP contribution < -0.4 is 0 Å². The fraction of sp³-hybridized carbons (Fsp3) is 0.934. The molecule has 0 aromatic heterocycles. The van der Waals surface area contributed by atoms with Crippen LogP contribution in [0.2, 0.25) is 0 Å². The van der Waals surface area contributed by atoms with Gasteiger partial charge in [-0.3, -0.25) is 37.3 Å². The van der Waals surface area contributed by atoms with Gasteiger partial charge in [-0.25, -0.2) is 9.13 Å². The zero-order valence-electron chi connectivity index (χ0n) is 51.2. The van der Waals surface area contributed by atoms with Crippen LogP contribution in [0.15, 0.2) is 0 Å². The third kappa shape index (κ3) is 55.3. The lowest BCUT2D eigenvalue weighted by Crippen LogP contribution is -2.30. The number of rotatable bonds is 61. The van der Waals surface area contributed by atoms with Crippen molar-refractivity contribution in [3.8, 4) is 0 Å². The molecule has 5 atom stereocenters. The second-order valence-electron chi connectivity index (χ2n) is 22.6. The molecule has 0 rings (SSSR count). The molecule has 0 fully saturated rings. The third-order valence-electron chi connectivity index (χ3n) is 14.0. The molecule has 0 radical (unpaired) electrons. The van der Waals surface area contributed by atoms with Crippen LogP contribution in [0.25, 0.3) is 0 Å². The summed E-state index contributed by atoms with van der Waals surface area (Å²) >= 11 is 0. The van der Waals surface area contributed by atoms with Crippen molar-refractivity contribution in [3.63, 3.8) is 0 Å². The predicted molar refractivity (Wildman–Crippen MR) is 317 cm³/mol. The first-order valence-electron chi connectivity index (χ1n) is 32.1. The lowest BCUT2D eigenvalue weighted by molar-refractivity contribution is -0.161. The third-order valence-corrected chi connectivity index (χ3v) is 15.9. The second-order valence-corrected chi connectivity index (χ2v) is 25.5. The van der Waals surface area contributed by atoms with E-state index < -0.39 is 97.5 Å². The van der Waals surface area contributed by atoms with Gasteiger partial charge in [-0.1, -0.05) is 253 Å². The van der Waals surface area contributed by atoms with Gasteiger partial charge in [-0.05, 0) is 31.6 Å². The average molecular weight is 1190 g/mol. The normalized spacial score (nSPS) is 14.3. The summed E-state index contributed by atoms with van der Waals surface area (Å²) in [6.07, 6.45) is 37.9. The monoisotopic (exact) mass is 1180 g/mol. The van der Waals surface area contributed by atoms with Crippen LogP contribution >= 0.6 is 15.6 Å². The van der Waals surface area contributed by atoms with Crippen molar-refractivity contribution in [2.75, 3.05) is 39.6 Å². The molecule has 3 N–H and O–H groups in total. The number of hydrogen-bond acceptors (Lipinski definition) is 15. The van der Waals surface area contributed by atoms with Gasteiger partial charge in [0.1, 0.15) is 19.3 Å². The fourth-order valence-electron chi connectivity index (χ4n) is 9.05. The highest BCUT2D eigenvalue weighted by atomic mass is 31.2. The maximum absolute atomic E-state index is 12.9. The van der Waals surface area contributed by atoms with E-state index in [0.29, 0.717) is 25.7 Å². The van der Waals surface area contributed by atoms with Crippen LogP contribution in [0, 0.1) is 5.92 Å². The van der Waals surface area contributed by atoms with Gasteiger partial charge >= 0.3 is 39.5 Å². The Labute approximate surface area is 486 Å². The Morgan fingerprint density at radius 1 is 0.338 bits per heavy atom. The molecule has 0 aromatic carbocycles. The lowest BCUT2D eigenvalue weighted by Gasteiger charge is -2.21. The topological polar surface area (TPSA) is 237 Å². The molecule has 0 aromatic rings. The first kappa shape index (κ1) is 78.1. The van der Waals surface area contributed by atoms with E-state index in [2.05, 4.69) is 34.6 Å². The van der Waals surface area contributed by atoms with E-state index in [1.165, 1.54) is 122 Å². The number of hydrogen-bond donors (Lipinski definition) is 3. The minimum atomic E-state index is -4.94. The number of ether oxygens (including phenoxy) is 4. The average Bonchev–Trinajstić information content (AvgIpc) is 3.42. The largest absolute Gasteiger partial charge is 0.472 e. The molecule has 0 bridgehead atoms. The number of carbonyl (C=O) groups is 4. The van der Waals surface area contributed by atoms with Gasteiger partial charge in [0.2, 0.25) is 0 Å². The van der Waals surface area contributed by atoms with Gasteiger partial charge in [0.05, 0.1) is 26.4 Å². The number of carbonyl (C=O) groups excluding carboxylic acids is 4. The molecule has 80 heavy (non-hydrogen) atoms. The first-order chi connectivity index (χ1) is 38.5. The Bertz CT molecular complexity index is 1570. The molecular formula is C61H118O17P2. The van der Waals surface area contributed by atoms with Gasteiger partial charge in [0.15, 0.2) is 12.2 Å². The standard InChI is InChI=1S/C61H118O17P2/c1-6-9-12-15-17-19-21-23-25-30-35-40-45-59(64)72-51-57(78-60(65)46-41-36-31-26-24-22-20-18-16-13-10-7-2)53-76-80(69,70)74-49-55(62)48-73-79(67,68)75-52-56(50-71-58(63)44-39-33-14-11-8-3)77-61(66)47-42-37-32-28-27-29-34-38-43-54(4)5/h54-57,62H,6-53H2,1-5H3,(H,67,68)(H,69,70)/t55-,56+,57+/m0/s1. The lowest BCUT2D eigenvalue weighted by atomic mass is 10.0. The molecule has 0 saturated carbocycles. The van der Waals surface area contributed by atoms with Gasteiger partial charge in [0, 0.05) is 25.7 Å². The van der Waals surface area contributed by atoms with Crippen molar-refractivity contribution in [1.29, 1.82) is 0 Å². The van der Waals surface area contributed by atoms with Gasteiger partial charge < -0.3 is 33.8 Å². The van der Waals surface area contributed by atoms with Crippen molar-refractivity contribution < 1.29 is 80.2 Å². The zero-order valence-corrected chi connectivity index (χ0v) is 53.0. The molecule has 19 heteroatoms. The van der Waals surface area contributed by atoms with Crippen molar-refractivity contribution in [2.45, 2.75) is 323 Å². The van der Waals surface area contributed by atoms with Gasteiger partial charge in [-0.15, -0.1) is 0 Å². The highest BCUT2D eigenvalue weighted by molar-refractivity contribution is 7.47. The molecule has 0 spiro atoms. The van der Waals surface area contributed by atoms with E-state index in [9.17, 15) is 43.2 Å². The van der Waals surface area contributed by atoms with Gasteiger partial charge in [0.25, 0.3) is 0 Å². The number of phosphoric ester groups is 2. The van der Waals surface area contributed by atoms with Crippen molar-refractivity contribution >= 4 is 39.5 Å². The second kappa shape index (κ2) is 55.0. The molecule has 0 aliphatic heterocycles. The van der Waals surface area contributed by atoms with Crippen molar-refractivity contribution in [2.24, 2.45) is 5.92 Å². The number of phosphoric acid groups is 2. The summed E-state index contributed by atoms with van der Waals surface area (Å²) in [4.78, 5) is 71.8. The summed E-state index contributed by atoms with van der Waals surface area (Å²) in [5.41, 5.74) is 0. The summed E-state index contributed by atoms with van der Waals surface area (Å²) in [7, 11) is -9.87. The van der Waals surface area contributed by atoms with E-state index in [0.717, 1.165) is 102 Å². The highest BCUT2D eigenvalue weighted by Gasteiger charge is 2.30. The van der Waals surface area contributed by atoms with E-state index in [1.807, 2.05) is 0 Å². The van der Waals surface area contributed by atoms with Crippen LogP contribution in [-0.4, -0.2) is 96.7 Å². The Hall–Kier alpha value is -1.94. The summed E-state index contributed by atoms with van der Waals surface area (Å²) < 4.78 is 67.7. The molecular weight excluding hydrogens is 1070 g/mol. The van der Waals surface area contributed by atoms with Crippen LogP contribution in [-0.2, 0) is 65.4 Å². The molecule has 0 saturated heterocycles. The van der Waals surface area contributed by atoms with Gasteiger partial charge in [-0.2, -0.15) is 0 Å². The van der Waals surface area contributed by atoms with Crippen LogP contribution in [0.4, 0.5) is 0 Å². The predicted octanol–water partition coefficient (Wildman–Crippen LogP) is 16.6. The van der Waals surface area contributed by atoms with Crippen molar-refractivity contribution in [3.05, 3.63) is 0 Å². The minimum Gasteiger partial charge on any atom is -0.462 e. The van der Waals surface area contributed by atoms with Crippen LogP contribution in [0.3, 0.4) is 0 Å². The zero-order chi connectivity index (χ0) is 59.2. The molecule has 17 nitrogen and oxygen atoms in total. The number of aliphatic hydroxyl groups excluding tert-OH is 1. The van der Waals surface area contributed by atoms with E-state index in [-0.39, 0.29) is 25.7 Å². The van der Waals surface area contributed by atoms with Crippen molar-refractivity contribution in [1.82, 2.24) is 0 Å². The Balaban J connectivity index is 5.18. The molecule has 2 unspecified atom stereocenters. The Morgan fingerprint density at radius 2 is 0.575 bits per heavy atom. The summed E-state index contributed by atoms with van der Waals surface area (Å²) in [5.74, 6) is -1.43. The number of aliphatic hydroxyl groups is 1. The fourth-order valence-corrected chi connectivity index (χ4v) is 10.6. The van der Waals surface area contributed by atoms with Crippen LogP contribution in [0.5, 0.6) is 0 Å². The molecule has 0 aliphatic carbocycles. The smallest absolute Gasteiger partial charge is 0.462 e. The molecule has 0 aliphatic rings. The van der Waals surface area contributed by atoms with E-state index in [4.69, 9.17) is 37.0 Å². The Kier molecular flexibility index (Phi) is 53.6. The minimum absolute atomic E-state index is 0.104. The highest BCUT2D eigenvalue weighted by Crippen LogP contribution is 2.45. The molecule has 0 amide bonds. The molecule has 0 heterocycles. The SMILES string of the molecule is CCCCCCCCCCCCCCC(=O)OC[C@H](COP(=O)(O)OC[C@@H](O)COP(=O)(O)OC[C@@H](COC(=O)CCCCCCC)OC(=O)CCCCCCCCCCC(C)C)OC(=O)CCCCCCCCCCCCCC. The Morgan fingerprint density at radius 3 is 0.850 bits per heavy atom. The van der Waals surface area contributed by atoms with E-state index >= 15 is 0 Å². The number of unbranched alkanes of at least 4 members (excludes halogenated alkanes) is 33. The number of esters is 4. The van der Waals surface area contributed by atoms with Crippen LogP contribution in [0.1, 0.15) is 304 Å². The summed E-state index contributed by atoms with van der Waals surface area (Å²) in [5, 5.41) is 10.5. The molecule has 474 valence electrons. The maximum atomic E-state index is 12.9. The summed E-state index contributed by atoms with van der Waals surface area (Å²) in [6, 6.07) is 0. The quantitative estimate of drug-likeness (QED) is 0.0222. The maximum Gasteiger partial charge on any atom is 0.472 e. The first-order valence-corrected chi connectivity index (χ1v) is 35.1.